The van der Waals surface area contributed by atoms with Crippen LogP contribution in [-0.4, -0.2) is 15.9 Å². The Balaban J connectivity index is 1.59. The van der Waals surface area contributed by atoms with Gasteiger partial charge in [0.25, 0.3) is 0 Å². The quantitative estimate of drug-likeness (QED) is 0.670. The van der Waals surface area contributed by atoms with Crippen molar-refractivity contribution in [2.75, 3.05) is 0 Å². The molecule has 0 saturated carbocycles. The van der Waals surface area contributed by atoms with E-state index in [0.717, 1.165) is 21.8 Å². The van der Waals surface area contributed by atoms with Crippen molar-refractivity contribution in [2.45, 2.75) is 20.0 Å². The van der Waals surface area contributed by atoms with E-state index >= 15 is 0 Å². The first-order valence-corrected chi connectivity index (χ1v) is 8.14. The summed E-state index contributed by atoms with van der Waals surface area (Å²) in [6, 6.07) is 11.9. The van der Waals surface area contributed by atoms with E-state index in [-0.39, 0.29) is 19.0 Å². The molecular weight excluding hydrogens is 308 g/mol. The van der Waals surface area contributed by atoms with Crippen molar-refractivity contribution in [3.63, 3.8) is 0 Å². The molecule has 116 valence electrons. The van der Waals surface area contributed by atoms with Gasteiger partial charge >= 0.3 is 5.97 Å². The van der Waals surface area contributed by atoms with Gasteiger partial charge in [-0.1, -0.05) is 29.8 Å². The fraction of sp³-hybridized carbons (Fsp3) is 0.167. The first kappa shape index (κ1) is 15.4. The molecule has 0 aliphatic heterocycles. The fourth-order valence-corrected chi connectivity index (χ4v) is 2.96. The van der Waals surface area contributed by atoms with Crippen molar-refractivity contribution < 1.29 is 9.53 Å². The molecule has 0 spiro atoms. The van der Waals surface area contributed by atoms with Gasteiger partial charge in [-0.2, -0.15) is 0 Å². The summed E-state index contributed by atoms with van der Waals surface area (Å²) in [6.07, 6.45) is 3.56. The maximum absolute atomic E-state index is 11.9. The first-order chi connectivity index (χ1) is 11.2. The third-order valence-corrected chi connectivity index (χ3v) is 4.21. The molecular formula is C18H16N2O2S. The maximum Gasteiger partial charge on any atom is 0.312 e. The van der Waals surface area contributed by atoms with Crippen molar-refractivity contribution >= 4 is 17.3 Å². The number of pyridine rings is 1. The highest BCUT2D eigenvalue weighted by Gasteiger charge is 2.10. The maximum atomic E-state index is 11.9. The van der Waals surface area contributed by atoms with Gasteiger partial charge in [-0.15, -0.1) is 11.3 Å². The Kier molecular flexibility index (Phi) is 4.78. The van der Waals surface area contributed by atoms with Gasteiger partial charge in [-0.05, 0) is 19.1 Å². The molecule has 3 rings (SSSR count). The van der Waals surface area contributed by atoms with Gasteiger partial charge in [0.1, 0.15) is 11.6 Å². The van der Waals surface area contributed by atoms with Crippen LogP contribution in [0.1, 0.15) is 16.8 Å². The Morgan fingerprint density at radius 2 is 2.17 bits per heavy atom. The van der Waals surface area contributed by atoms with Crippen LogP contribution in [0.3, 0.4) is 0 Å². The highest BCUT2D eigenvalue weighted by atomic mass is 32.1. The van der Waals surface area contributed by atoms with Crippen LogP contribution in [0.5, 0.6) is 0 Å². The lowest BCUT2D eigenvalue weighted by atomic mass is 10.1. The van der Waals surface area contributed by atoms with Crippen LogP contribution in [0.25, 0.3) is 10.6 Å². The van der Waals surface area contributed by atoms with Crippen molar-refractivity contribution in [3.8, 4) is 10.6 Å². The van der Waals surface area contributed by atoms with Gasteiger partial charge in [-0.25, -0.2) is 4.98 Å². The molecule has 3 aromatic rings. The van der Waals surface area contributed by atoms with Crippen LogP contribution < -0.4 is 0 Å². The number of hydrogen-bond acceptors (Lipinski definition) is 5. The van der Waals surface area contributed by atoms with Gasteiger partial charge in [-0.3, -0.25) is 9.78 Å². The van der Waals surface area contributed by atoms with Crippen LogP contribution in [0.2, 0.25) is 0 Å². The van der Waals surface area contributed by atoms with E-state index in [2.05, 4.69) is 16.0 Å². The summed E-state index contributed by atoms with van der Waals surface area (Å²) in [5, 5.41) is 2.83. The smallest absolute Gasteiger partial charge is 0.312 e. The molecule has 0 aliphatic carbocycles. The number of aryl methyl sites for hydroxylation is 1. The zero-order chi connectivity index (χ0) is 16.1. The number of carbonyl (C=O) groups excluding carboxylic acids is 1. The lowest BCUT2D eigenvalue weighted by Gasteiger charge is -2.03. The molecule has 1 aromatic carbocycles. The second-order valence-electron chi connectivity index (χ2n) is 5.21. The zero-order valence-corrected chi connectivity index (χ0v) is 13.5. The second-order valence-corrected chi connectivity index (χ2v) is 6.07. The topological polar surface area (TPSA) is 52.1 Å². The number of rotatable bonds is 5. The molecule has 4 nitrogen and oxygen atoms in total. The third-order valence-electron chi connectivity index (χ3n) is 3.26. The van der Waals surface area contributed by atoms with Crippen molar-refractivity contribution in [3.05, 3.63) is 71.0 Å². The van der Waals surface area contributed by atoms with Crippen LogP contribution >= 0.6 is 11.3 Å². The number of benzene rings is 1. The normalized spacial score (nSPS) is 10.5. The average molecular weight is 324 g/mol. The molecule has 0 fully saturated rings. The summed E-state index contributed by atoms with van der Waals surface area (Å²) in [5.74, 6) is -0.282. The van der Waals surface area contributed by atoms with E-state index in [0.29, 0.717) is 0 Å². The lowest BCUT2D eigenvalue weighted by Crippen LogP contribution is -2.08. The molecule has 2 heterocycles. The minimum absolute atomic E-state index is 0.183. The van der Waals surface area contributed by atoms with E-state index in [9.17, 15) is 4.79 Å². The van der Waals surface area contributed by atoms with Crippen molar-refractivity contribution in [2.24, 2.45) is 0 Å². The predicted octanol–water partition coefficient (Wildman–Crippen LogP) is 3.80. The SMILES string of the molecule is Cc1cccc(-c2nc(CC(=O)OCc3cccnc3)cs2)c1. The van der Waals surface area contributed by atoms with Gasteiger partial charge in [0.05, 0.1) is 12.1 Å². The molecule has 5 heteroatoms. The van der Waals surface area contributed by atoms with Crippen LogP contribution in [-0.2, 0) is 22.6 Å². The number of ether oxygens (including phenoxy) is 1. The van der Waals surface area contributed by atoms with Crippen LogP contribution in [0, 0.1) is 6.92 Å². The molecule has 0 saturated heterocycles. The van der Waals surface area contributed by atoms with Crippen LogP contribution in [0.4, 0.5) is 0 Å². The molecule has 0 N–H and O–H groups in total. The first-order valence-electron chi connectivity index (χ1n) is 7.27. The second kappa shape index (κ2) is 7.15. The van der Waals surface area contributed by atoms with Gasteiger partial charge < -0.3 is 4.74 Å². The number of carbonyl (C=O) groups is 1. The fourth-order valence-electron chi connectivity index (χ4n) is 2.15. The van der Waals surface area contributed by atoms with Crippen molar-refractivity contribution in [1.29, 1.82) is 0 Å². The molecule has 0 amide bonds. The van der Waals surface area contributed by atoms with Gasteiger partial charge in [0, 0.05) is 28.9 Å². The van der Waals surface area contributed by atoms with Crippen molar-refractivity contribution in [1.82, 2.24) is 9.97 Å². The number of aromatic nitrogens is 2. The van der Waals surface area contributed by atoms with Gasteiger partial charge in [0.2, 0.25) is 0 Å². The predicted molar refractivity (Wildman–Crippen MR) is 90.0 cm³/mol. The molecule has 23 heavy (non-hydrogen) atoms. The standard InChI is InChI=1S/C18H16N2O2S/c1-13-4-2-6-15(8-13)18-20-16(12-23-18)9-17(21)22-11-14-5-3-7-19-10-14/h2-8,10,12H,9,11H2,1H3. The van der Waals surface area contributed by atoms with E-state index in [1.54, 1.807) is 12.4 Å². The van der Waals surface area contributed by atoms with E-state index in [1.807, 2.05) is 42.6 Å². The summed E-state index contributed by atoms with van der Waals surface area (Å²) in [6.45, 7) is 2.29. The molecule has 2 aromatic heterocycles. The number of esters is 1. The highest BCUT2D eigenvalue weighted by molar-refractivity contribution is 7.13. The average Bonchev–Trinajstić information content (AvgIpc) is 3.02. The molecule has 0 unspecified atom stereocenters. The third kappa shape index (κ3) is 4.23. The molecule has 0 radical (unpaired) electrons. The molecule has 0 bridgehead atoms. The lowest BCUT2D eigenvalue weighted by molar-refractivity contribution is -0.144. The summed E-state index contributed by atoms with van der Waals surface area (Å²) in [4.78, 5) is 20.4. The number of nitrogens with zero attached hydrogens (tertiary/aromatic N) is 2. The number of hydrogen-bond donors (Lipinski definition) is 0. The van der Waals surface area contributed by atoms with E-state index in [1.165, 1.54) is 16.9 Å². The van der Waals surface area contributed by atoms with Gasteiger partial charge in [0.15, 0.2) is 0 Å². The van der Waals surface area contributed by atoms with Crippen LogP contribution in [0.15, 0.2) is 54.2 Å². The summed E-state index contributed by atoms with van der Waals surface area (Å²) in [7, 11) is 0. The Morgan fingerprint density at radius 1 is 1.26 bits per heavy atom. The molecule has 0 aliphatic rings. The Hall–Kier alpha value is -2.53. The highest BCUT2D eigenvalue weighted by Crippen LogP contribution is 2.24. The Morgan fingerprint density at radius 3 is 2.96 bits per heavy atom. The molecule has 0 atom stereocenters. The summed E-state index contributed by atoms with van der Waals surface area (Å²) >= 11 is 1.54. The Bertz CT molecular complexity index is 800. The number of thiazole rings is 1. The minimum atomic E-state index is -0.282. The zero-order valence-electron chi connectivity index (χ0n) is 12.7. The summed E-state index contributed by atoms with van der Waals surface area (Å²) in [5.41, 5.74) is 3.88. The van der Waals surface area contributed by atoms with E-state index < -0.39 is 0 Å². The van der Waals surface area contributed by atoms with E-state index in [4.69, 9.17) is 4.74 Å². The Labute approximate surface area is 138 Å². The largest absolute Gasteiger partial charge is 0.460 e. The monoisotopic (exact) mass is 324 g/mol. The summed E-state index contributed by atoms with van der Waals surface area (Å²) < 4.78 is 5.25. The minimum Gasteiger partial charge on any atom is -0.460 e.